The van der Waals surface area contributed by atoms with Crippen LogP contribution in [0.2, 0.25) is 0 Å². The van der Waals surface area contributed by atoms with E-state index in [2.05, 4.69) is 10.2 Å². The van der Waals surface area contributed by atoms with Crippen LogP contribution in [0.25, 0.3) is 0 Å². The molecule has 19 heavy (non-hydrogen) atoms. The van der Waals surface area contributed by atoms with Crippen molar-refractivity contribution in [3.05, 3.63) is 17.0 Å². The quantitative estimate of drug-likeness (QED) is 0.903. The van der Waals surface area contributed by atoms with Gasteiger partial charge in [0, 0.05) is 31.5 Å². The minimum Gasteiger partial charge on any atom is -0.381 e. The van der Waals surface area contributed by atoms with Crippen molar-refractivity contribution >= 4 is 5.91 Å². The van der Waals surface area contributed by atoms with Crippen molar-refractivity contribution in [3.63, 3.8) is 0 Å². The van der Waals surface area contributed by atoms with Crippen LogP contribution in [-0.2, 0) is 16.0 Å². The number of amides is 1. The number of methoxy groups -OCH3 is 1. The van der Waals surface area contributed by atoms with Crippen LogP contribution in [0.4, 0.5) is 0 Å². The molecule has 0 aromatic carbocycles. The lowest BCUT2D eigenvalue weighted by atomic mass is 10.1. The molecule has 5 nitrogen and oxygen atoms in total. The van der Waals surface area contributed by atoms with Crippen LogP contribution in [0, 0.1) is 13.8 Å². The van der Waals surface area contributed by atoms with E-state index in [0.717, 1.165) is 49.3 Å². The fraction of sp³-hybridized carbons (Fsp3) is 0.714. The van der Waals surface area contributed by atoms with Crippen molar-refractivity contribution in [2.75, 3.05) is 20.2 Å². The monoisotopic (exact) mass is 265 g/mol. The van der Waals surface area contributed by atoms with Crippen molar-refractivity contribution in [2.45, 2.75) is 45.6 Å². The Hall–Kier alpha value is -1.36. The molecule has 1 aromatic rings. The molecular weight excluding hydrogens is 242 g/mol. The van der Waals surface area contributed by atoms with Crippen LogP contribution in [-0.4, -0.2) is 47.3 Å². The van der Waals surface area contributed by atoms with Crippen molar-refractivity contribution in [1.29, 1.82) is 0 Å². The molecule has 0 saturated carbocycles. The van der Waals surface area contributed by atoms with E-state index in [4.69, 9.17) is 4.74 Å². The standard InChI is InChI=1S/C14H23N3O2/c1-10-13(11(2)16-15-10)9-14(18)17-7-4-5-12(19-3)6-8-17/h12H,4-9H2,1-3H3,(H,15,16). The summed E-state index contributed by atoms with van der Waals surface area (Å²) in [7, 11) is 1.75. The zero-order valence-corrected chi connectivity index (χ0v) is 12.0. The second-order valence-electron chi connectivity index (χ2n) is 5.26. The number of aromatic nitrogens is 2. The molecule has 0 bridgehead atoms. The normalized spacial score (nSPS) is 20.4. The van der Waals surface area contributed by atoms with Gasteiger partial charge in [-0.15, -0.1) is 0 Å². The Balaban J connectivity index is 1.96. The smallest absolute Gasteiger partial charge is 0.227 e. The van der Waals surface area contributed by atoms with Gasteiger partial charge in [-0.05, 0) is 33.1 Å². The van der Waals surface area contributed by atoms with Crippen molar-refractivity contribution < 1.29 is 9.53 Å². The minimum absolute atomic E-state index is 0.198. The number of hydrogen-bond acceptors (Lipinski definition) is 3. The summed E-state index contributed by atoms with van der Waals surface area (Å²) in [6.45, 7) is 5.55. The minimum atomic E-state index is 0.198. The molecule has 0 spiro atoms. The number of ether oxygens (including phenoxy) is 1. The topological polar surface area (TPSA) is 58.2 Å². The van der Waals surface area contributed by atoms with E-state index in [1.54, 1.807) is 7.11 Å². The number of likely N-dealkylation sites (tertiary alicyclic amines) is 1. The van der Waals surface area contributed by atoms with Crippen molar-refractivity contribution in [1.82, 2.24) is 15.1 Å². The highest BCUT2D eigenvalue weighted by molar-refractivity contribution is 5.79. The number of rotatable bonds is 3. The Bertz CT molecular complexity index is 422. The molecule has 1 atom stereocenters. The Morgan fingerprint density at radius 3 is 2.84 bits per heavy atom. The highest BCUT2D eigenvalue weighted by atomic mass is 16.5. The Morgan fingerprint density at radius 1 is 1.42 bits per heavy atom. The predicted molar refractivity (Wildman–Crippen MR) is 73.0 cm³/mol. The van der Waals surface area contributed by atoms with Gasteiger partial charge in [-0.1, -0.05) is 0 Å². The first-order chi connectivity index (χ1) is 9.11. The SMILES string of the molecule is COC1CCCN(C(=O)Cc2c(C)n[nH]c2C)CC1. The van der Waals surface area contributed by atoms with Crippen molar-refractivity contribution in [3.8, 4) is 0 Å². The highest BCUT2D eigenvalue weighted by Gasteiger charge is 2.21. The maximum Gasteiger partial charge on any atom is 0.227 e. The van der Waals surface area contributed by atoms with Gasteiger partial charge in [-0.3, -0.25) is 9.89 Å². The van der Waals surface area contributed by atoms with Gasteiger partial charge in [0.15, 0.2) is 0 Å². The average molecular weight is 265 g/mol. The van der Waals surface area contributed by atoms with Gasteiger partial charge >= 0.3 is 0 Å². The van der Waals surface area contributed by atoms with E-state index in [1.165, 1.54) is 0 Å². The first kappa shape index (κ1) is 14.1. The van der Waals surface area contributed by atoms with E-state index in [-0.39, 0.29) is 5.91 Å². The maximum absolute atomic E-state index is 12.4. The molecule has 1 unspecified atom stereocenters. The van der Waals surface area contributed by atoms with Gasteiger partial charge in [-0.25, -0.2) is 0 Å². The average Bonchev–Trinajstić information content (AvgIpc) is 2.63. The number of nitrogens with zero attached hydrogens (tertiary/aromatic N) is 2. The second kappa shape index (κ2) is 6.19. The number of aryl methyl sites for hydroxylation is 2. The van der Waals surface area contributed by atoms with Gasteiger partial charge in [0.2, 0.25) is 5.91 Å². The summed E-state index contributed by atoms with van der Waals surface area (Å²) in [4.78, 5) is 14.3. The fourth-order valence-corrected chi connectivity index (χ4v) is 2.65. The number of H-pyrrole nitrogens is 1. The molecule has 106 valence electrons. The van der Waals surface area contributed by atoms with Crippen LogP contribution in [0.15, 0.2) is 0 Å². The number of carbonyl (C=O) groups is 1. The predicted octanol–water partition coefficient (Wildman–Crippen LogP) is 1.60. The molecule has 0 aliphatic carbocycles. The van der Waals surface area contributed by atoms with Crippen LogP contribution in [0.3, 0.4) is 0 Å². The highest BCUT2D eigenvalue weighted by Crippen LogP contribution is 2.16. The molecule has 1 N–H and O–H groups in total. The second-order valence-corrected chi connectivity index (χ2v) is 5.26. The van der Waals surface area contributed by atoms with Gasteiger partial charge in [0.25, 0.3) is 0 Å². The molecule has 1 aliphatic rings. The van der Waals surface area contributed by atoms with Crippen LogP contribution < -0.4 is 0 Å². The molecule has 1 fully saturated rings. The molecule has 2 rings (SSSR count). The Labute approximate surface area is 114 Å². The first-order valence-corrected chi connectivity index (χ1v) is 6.92. The summed E-state index contributed by atoms with van der Waals surface area (Å²) < 4.78 is 5.39. The lowest BCUT2D eigenvalue weighted by Gasteiger charge is -2.20. The van der Waals surface area contributed by atoms with E-state index >= 15 is 0 Å². The molecule has 1 aromatic heterocycles. The number of aromatic amines is 1. The largest absolute Gasteiger partial charge is 0.381 e. The summed E-state index contributed by atoms with van der Waals surface area (Å²) in [5, 5.41) is 7.08. The first-order valence-electron chi connectivity index (χ1n) is 6.92. The van der Waals surface area contributed by atoms with Gasteiger partial charge in [0.1, 0.15) is 0 Å². The molecule has 1 amide bonds. The number of hydrogen-bond donors (Lipinski definition) is 1. The van der Waals surface area contributed by atoms with Gasteiger partial charge in [0.05, 0.1) is 18.2 Å². The summed E-state index contributed by atoms with van der Waals surface area (Å²) in [6, 6.07) is 0. The molecule has 5 heteroatoms. The zero-order chi connectivity index (χ0) is 13.8. The van der Waals surface area contributed by atoms with E-state index in [1.807, 2.05) is 18.7 Å². The lowest BCUT2D eigenvalue weighted by Crippen LogP contribution is -2.33. The van der Waals surface area contributed by atoms with E-state index < -0.39 is 0 Å². The van der Waals surface area contributed by atoms with Crippen LogP contribution in [0.5, 0.6) is 0 Å². The summed E-state index contributed by atoms with van der Waals surface area (Å²) in [6.07, 6.45) is 3.75. The van der Waals surface area contributed by atoms with Crippen LogP contribution >= 0.6 is 0 Å². The number of nitrogens with one attached hydrogen (secondary N) is 1. The fourth-order valence-electron chi connectivity index (χ4n) is 2.65. The summed E-state index contributed by atoms with van der Waals surface area (Å²) in [5.41, 5.74) is 2.96. The van der Waals surface area contributed by atoms with Crippen LogP contribution in [0.1, 0.15) is 36.2 Å². The lowest BCUT2D eigenvalue weighted by molar-refractivity contribution is -0.130. The van der Waals surface area contributed by atoms with E-state index in [9.17, 15) is 4.79 Å². The van der Waals surface area contributed by atoms with Gasteiger partial charge < -0.3 is 9.64 Å². The zero-order valence-electron chi connectivity index (χ0n) is 12.0. The van der Waals surface area contributed by atoms with Gasteiger partial charge in [-0.2, -0.15) is 5.10 Å². The Morgan fingerprint density at radius 2 is 2.21 bits per heavy atom. The maximum atomic E-state index is 12.4. The molecule has 1 saturated heterocycles. The summed E-state index contributed by atoms with van der Waals surface area (Å²) >= 11 is 0. The molecular formula is C14H23N3O2. The Kier molecular flexibility index (Phi) is 4.58. The van der Waals surface area contributed by atoms with Crippen molar-refractivity contribution in [2.24, 2.45) is 0 Å². The molecule has 1 aliphatic heterocycles. The molecule has 0 radical (unpaired) electrons. The van der Waals surface area contributed by atoms with E-state index in [0.29, 0.717) is 12.5 Å². The summed E-state index contributed by atoms with van der Waals surface area (Å²) in [5.74, 6) is 0.198. The molecule has 2 heterocycles. The third-order valence-corrected chi connectivity index (χ3v) is 3.97. The number of carbonyl (C=O) groups excluding carboxylic acids is 1. The third-order valence-electron chi connectivity index (χ3n) is 3.97. The third kappa shape index (κ3) is 3.35.